The minimum Gasteiger partial charge on any atom is -0.466 e. The maximum atomic E-state index is 15.2. The fourth-order valence-corrected chi connectivity index (χ4v) is 4.78. The number of hydrogen-bond acceptors (Lipinski definition) is 6. The highest BCUT2D eigenvalue weighted by atomic mass is 35.5. The van der Waals surface area contributed by atoms with Crippen LogP contribution in [0.3, 0.4) is 0 Å². The molecule has 1 N–H and O–H groups in total. The summed E-state index contributed by atoms with van der Waals surface area (Å²) in [6, 6.07) is 3.10. The number of carbonyl (C=O) groups is 1. The van der Waals surface area contributed by atoms with Crippen molar-refractivity contribution >= 4 is 23.4 Å². The lowest BCUT2D eigenvalue weighted by Crippen LogP contribution is -2.52. The van der Waals surface area contributed by atoms with Gasteiger partial charge in [0, 0.05) is 24.0 Å². The molecule has 2 atom stereocenters. The summed E-state index contributed by atoms with van der Waals surface area (Å²) < 4.78 is 20.5. The van der Waals surface area contributed by atoms with Crippen molar-refractivity contribution in [1.82, 2.24) is 15.0 Å². The van der Waals surface area contributed by atoms with E-state index in [4.69, 9.17) is 16.3 Å². The SMILES string of the molecule is CCOC(=O)[C@H]1C2CCC(CC2)[C@@H]1Nc1nc(Cl)nc(-c2ccncc2)c1F. The summed E-state index contributed by atoms with van der Waals surface area (Å²) in [6.07, 6.45) is 7.15. The Morgan fingerprint density at radius 1 is 1.21 bits per heavy atom. The van der Waals surface area contributed by atoms with E-state index in [-0.39, 0.29) is 46.6 Å². The van der Waals surface area contributed by atoms with E-state index < -0.39 is 5.82 Å². The molecule has 8 heteroatoms. The zero-order chi connectivity index (χ0) is 19.7. The molecule has 3 saturated carbocycles. The van der Waals surface area contributed by atoms with Gasteiger partial charge in [-0.15, -0.1) is 0 Å². The largest absolute Gasteiger partial charge is 0.466 e. The van der Waals surface area contributed by atoms with Crippen LogP contribution in [-0.4, -0.2) is 33.6 Å². The number of fused-ring (bicyclic) bond motifs is 3. The Hall–Kier alpha value is -2.28. The summed E-state index contributed by atoms with van der Waals surface area (Å²) in [6.45, 7) is 2.13. The highest BCUT2D eigenvalue weighted by Gasteiger charge is 2.48. The summed E-state index contributed by atoms with van der Waals surface area (Å²) in [4.78, 5) is 24.7. The van der Waals surface area contributed by atoms with Crippen LogP contribution < -0.4 is 5.32 Å². The topological polar surface area (TPSA) is 77.0 Å². The van der Waals surface area contributed by atoms with Crippen molar-refractivity contribution < 1.29 is 13.9 Å². The zero-order valence-electron chi connectivity index (χ0n) is 15.6. The molecule has 0 saturated heterocycles. The Bertz CT molecular complexity index is 859. The molecule has 0 spiro atoms. The van der Waals surface area contributed by atoms with Gasteiger partial charge in [0.15, 0.2) is 11.6 Å². The first-order chi connectivity index (χ1) is 13.6. The Kier molecular flexibility index (Phi) is 5.44. The van der Waals surface area contributed by atoms with Crippen molar-refractivity contribution in [2.24, 2.45) is 17.8 Å². The molecule has 148 valence electrons. The van der Waals surface area contributed by atoms with Gasteiger partial charge in [0.1, 0.15) is 5.69 Å². The third kappa shape index (κ3) is 3.55. The third-order valence-corrected chi connectivity index (χ3v) is 6.03. The number of pyridine rings is 1. The molecular formula is C20H22ClFN4O2. The monoisotopic (exact) mass is 404 g/mol. The van der Waals surface area contributed by atoms with Crippen molar-refractivity contribution in [3.8, 4) is 11.3 Å². The van der Waals surface area contributed by atoms with Crippen LogP contribution in [0, 0.1) is 23.6 Å². The Labute approximate surface area is 167 Å². The number of nitrogens with zero attached hydrogens (tertiary/aromatic N) is 3. The van der Waals surface area contributed by atoms with E-state index in [2.05, 4.69) is 20.3 Å². The summed E-state index contributed by atoms with van der Waals surface area (Å²) in [5, 5.41) is 3.14. The fraction of sp³-hybridized carbons (Fsp3) is 0.500. The van der Waals surface area contributed by atoms with Gasteiger partial charge in [-0.3, -0.25) is 9.78 Å². The highest BCUT2D eigenvalue weighted by Crippen LogP contribution is 2.47. The van der Waals surface area contributed by atoms with Crippen molar-refractivity contribution in [2.45, 2.75) is 38.6 Å². The third-order valence-electron chi connectivity index (χ3n) is 5.86. The molecule has 0 aromatic carbocycles. The highest BCUT2D eigenvalue weighted by molar-refractivity contribution is 6.28. The predicted molar refractivity (Wildman–Crippen MR) is 103 cm³/mol. The second-order valence-corrected chi connectivity index (χ2v) is 7.70. The first-order valence-corrected chi connectivity index (χ1v) is 10.0. The number of aromatic nitrogens is 3. The van der Waals surface area contributed by atoms with Crippen molar-refractivity contribution in [2.75, 3.05) is 11.9 Å². The van der Waals surface area contributed by atoms with Crippen molar-refractivity contribution in [3.63, 3.8) is 0 Å². The van der Waals surface area contributed by atoms with Gasteiger partial charge in [-0.05, 0) is 68.2 Å². The van der Waals surface area contributed by atoms with E-state index in [0.29, 0.717) is 12.2 Å². The lowest BCUT2D eigenvalue weighted by molar-refractivity contribution is -0.154. The molecule has 0 radical (unpaired) electrons. The quantitative estimate of drug-likeness (QED) is 0.597. The van der Waals surface area contributed by atoms with E-state index in [1.165, 1.54) is 0 Å². The van der Waals surface area contributed by atoms with Gasteiger partial charge in [-0.2, -0.15) is 4.98 Å². The number of hydrogen-bond donors (Lipinski definition) is 1. The van der Waals surface area contributed by atoms with Gasteiger partial charge in [0.2, 0.25) is 5.28 Å². The lowest BCUT2D eigenvalue weighted by atomic mass is 9.61. The second-order valence-electron chi connectivity index (χ2n) is 7.36. The molecule has 6 nitrogen and oxygen atoms in total. The average Bonchev–Trinajstić information content (AvgIpc) is 2.72. The fourth-order valence-electron chi connectivity index (χ4n) is 4.61. The lowest BCUT2D eigenvalue weighted by Gasteiger charge is -2.47. The number of anilines is 1. The van der Waals surface area contributed by atoms with E-state index in [1.54, 1.807) is 31.5 Å². The van der Waals surface area contributed by atoms with Gasteiger partial charge in [0.25, 0.3) is 0 Å². The normalized spacial score (nSPS) is 26.1. The van der Waals surface area contributed by atoms with Crippen LogP contribution in [0.15, 0.2) is 24.5 Å². The number of esters is 1. The molecule has 28 heavy (non-hydrogen) atoms. The molecule has 3 aliphatic carbocycles. The van der Waals surface area contributed by atoms with Crippen LogP contribution in [0.4, 0.5) is 10.2 Å². The van der Waals surface area contributed by atoms with Gasteiger partial charge in [-0.25, -0.2) is 9.37 Å². The molecule has 0 amide bonds. The minimum atomic E-state index is -0.584. The van der Waals surface area contributed by atoms with Crippen LogP contribution in [0.25, 0.3) is 11.3 Å². The second kappa shape index (κ2) is 7.99. The zero-order valence-corrected chi connectivity index (χ0v) is 16.3. The van der Waals surface area contributed by atoms with Crippen LogP contribution in [0.2, 0.25) is 5.28 Å². The van der Waals surface area contributed by atoms with E-state index in [9.17, 15) is 4.79 Å². The summed E-state index contributed by atoms with van der Waals surface area (Å²) in [5.41, 5.74) is 0.672. The van der Waals surface area contributed by atoms with E-state index in [0.717, 1.165) is 25.7 Å². The molecule has 0 unspecified atom stereocenters. The van der Waals surface area contributed by atoms with Crippen molar-refractivity contribution in [1.29, 1.82) is 0 Å². The first kappa shape index (κ1) is 19.1. The summed E-state index contributed by atoms with van der Waals surface area (Å²) in [7, 11) is 0. The van der Waals surface area contributed by atoms with Gasteiger partial charge >= 0.3 is 5.97 Å². The molecule has 2 aromatic rings. The smallest absolute Gasteiger partial charge is 0.311 e. The molecule has 2 heterocycles. The van der Waals surface area contributed by atoms with Crippen LogP contribution in [-0.2, 0) is 9.53 Å². The number of rotatable bonds is 5. The summed E-state index contributed by atoms with van der Waals surface area (Å²) in [5.74, 6) is -0.550. The number of halogens is 2. The van der Waals surface area contributed by atoms with E-state index in [1.807, 2.05) is 0 Å². The molecule has 2 bridgehead atoms. The molecular weight excluding hydrogens is 383 g/mol. The first-order valence-electron chi connectivity index (χ1n) is 9.65. The van der Waals surface area contributed by atoms with Crippen molar-refractivity contribution in [3.05, 3.63) is 35.6 Å². The van der Waals surface area contributed by atoms with Gasteiger partial charge < -0.3 is 10.1 Å². The Morgan fingerprint density at radius 2 is 1.89 bits per heavy atom. The number of nitrogens with one attached hydrogen (secondary N) is 1. The average molecular weight is 405 g/mol. The minimum absolute atomic E-state index is 0.0265. The predicted octanol–water partition coefficient (Wildman–Crippen LogP) is 4.11. The molecule has 3 fully saturated rings. The Morgan fingerprint density at radius 3 is 2.57 bits per heavy atom. The number of ether oxygens (including phenoxy) is 1. The molecule has 5 rings (SSSR count). The molecule has 3 aliphatic rings. The molecule has 0 aliphatic heterocycles. The number of carbonyl (C=O) groups excluding carboxylic acids is 1. The van der Waals surface area contributed by atoms with Gasteiger partial charge in [0.05, 0.1) is 12.5 Å². The Balaban J connectivity index is 1.68. The van der Waals surface area contributed by atoms with Crippen LogP contribution in [0.1, 0.15) is 32.6 Å². The van der Waals surface area contributed by atoms with Crippen LogP contribution in [0.5, 0.6) is 0 Å². The van der Waals surface area contributed by atoms with E-state index >= 15 is 4.39 Å². The van der Waals surface area contributed by atoms with Crippen LogP contribution >= 0.6 is 11.6 Å². The molecule has 2 aromatic heterocycles. The van der Waals surface area contributed by atoms with Gasteiger partial charge in [-0.1, -0.05) is 0 Å². The maximum Gasteiger partial charge on any atom is 0.311 e. The standard InChI is InChI=1S/C20H22ClFN4O2/c1-2-28-19(27)14-11-3-5-12(6-4-11)16(14)24-18-15(22)17(25-20(21)26-18)13-7-9-23-10-8-13/h7-12,14,16H,2-6H2,1H3,(H,24,25,26)/t11?,12?,14-,16-/m0/s1. The summed E-state index contributed by atoms with van der Waals surface area (Å²) >= 11 is 6.08. The maximum absolute atomic E-state index is 15.2.